The molecule has 0 spiro atoms. The average molecular weight is 728 g/mol. The summed E-state index contributed by atoms with van der Waals surface area (Å²) in [6, 6.07) is 14.6. The maximum Gasteiger partial charge on any atom is 0.411 e. The summed E-state index contributed by atoms with van der Waals surface area (Å²) < 4.78 is 55.0. The average Bonchev–Trinajstić information content (AvgIpc) is 3.11. The van der Waals surface area contributed by atoms with Crippen molar-refractivity contribution in [3.63, 3.8) is 0 Å². The van der Waals surface area contributed by atoms with Crippen LogP contribution in [0, 0.1) is 17.7 Å². The van der Waals surface area contributed by atoms with E-state index in [2.05, 4.69) is 27.5 Å². The maximum absolute atomic E-state index is 15.6. The Bertz CT molecular complexity index is 1760. The summed E-state index contributed by atoms with van der Waals surface area (Å²) >= 11 is 6.22. The standard InChI is InChI=1S/C36H43ClFN5O6S/c1-23-19-39-20-28(43(23)50(46,47)29-7-5-4-6-8-29)13-14-30-31(38)21-40-22-32(30)42-35(44)33(24(2)41-36(45)48-3)34(26-15-17-49-18-16-26)25-9-11-27(37)12-10-25/h4-12,21-23,26,28,33-34,39H,2,13-20H2,1,3H3,(H,41,45)(H,42,44)/t23-,28?,33-,34-/m0/s1. The Morgan fingerprint density at radius 3 is 2.50 bits per heavy atom. The zero-order valence-corrected chi connectivity index (χ0v) is 29.7. The number of carbonyl (C=O) groups is 2. The molecule has 0 radical (unpaired) electrons. The van der Waals surface area contributed by atoms with Crippen LogP contribution >= 0.6 is 11.6 Å². The van der Waals surface area contributed by atoms with E-state index in [0.29, 0.717) is 44.2 Å². The van der Waals surface area contributed by atoms with E-state index in [1.54, 1.807) is 42.5 Å². The number of hydrogen-bond acceptors (Lipinski definition) is 8. The van der Waals surface area contributed by atoms with Crippen LogP contribution in [0.2, 0.25) is 5.02 Å². The molecular weight excluding hydrogens is 685 g/mol. The van der Waals surface area contributed by atoms with Gasteiger partial charge in [0.25, 0.3) is 0 Å². The number of alkyl carbamates (subject to hydrolysis) is 1. The van der Waals surface area contributed by atoms with Gasteiger partial charge in [-0.2, -0.15) is 4.31 Å². The van der Waals surface area contributed by atoms with Gasteiger partial charge in [0, 0.05) is 60.6 Å². The number of amides is 2. The Morgan fingerprint density at radius 1 is 1.12 bits per heavy atom. The highest BCUT2D eigenvalue weighted by atomic mass is 35.5. The lowest BCUT2D eigenvalue weighted by molar-refractivity contribution is -0.120. The first-order valence-electron chi connectivity index (χ1n) is 16.6. The number of halogens is 2. The van der Waals surface area contributed by atoms with Gasteiger partial charge in [-0.3, -0.25) is 15.1 Å². The number of aromatic nitrogens is 1. The lowest BCUT2D eigenvalue weighted by Crippen LogP contribution is -2.58. The molecular formula is C36H43ClFN5O6S. The van der Waals surface area contributed by atoms with E-state index < -0.39 is 45.7 Å². The maximum atomic E-state index is 15.6. The Balaban J connectivity index is 1.45. The van der Waals surface area contributed by atoms with Crippen molar-refractivity contribution in [2.45, 2.75) is 55.5 Å². The molecule has 2 fully saturated rings. The molecule has 0 bridgehead atoms. The molecule has 14 heteroatoms. The molecule has 2 aliphatic heterocycles. The highest BCUT2D eigenvalue weighted by Crippen LogP contribution is 2.41. The lowest BCUT2D eigenvalue weighted by atomic mass is 9.72. The van der Waals surface area contributed by atoms with E-state index in [4.69, 9.17) is 21.1 Å². The van der Waals surface area contributed by atoms with Gasteiger partial charge in [-0.05, 0) is 68.4 Å². The van der Waals surface area contributed by atoms with Gasteiger partial charge < -0.3 is 20.1 Å². The summed E-state index contributed by atoms with van der Waals surface area (Å²) in [5.74, 6) is -2.67. The minimum Gasteiger partial charge on any atom is -0.453 e. The molecule has 1 unspecified atom stereocenters. The van der Waals surface area contributed by atoms with E-state index in [-0.39, 0.29) is 46.6 Å². The number of benzene rings is 2. The predicted molar refractivity (Wildman–Crippen MR) is 189 cm³/mol. The van der Waals surface area contributed by atoms with Crippen molar-refractivity contribution in [1.29, 1.82) is 0 Å². The second kappa shape index (κ2) is 16.9. The zero-order chi connectivity index (χ0) is 35.8. The van der Waals surface area contributed by atoms with Crippen molar-refractivity contribution in [3.05, 3.63) is 101 Å². The fourth-order valence-electron chi connectivity index (χ4n) is 7.01. The molecule has 0 saturated carbocycles. The molecule has 4 atom stereocenters. The number of rotatable bonds is 12. The Morgan fingerprint density at radius 2 is 1.82 bits per heavy atom. The number of carbonyl (C=O) groups excluding carboxylic acids is 2. The highest BCUT2D eigenvalue weighted by Gasteiger charge is 2.40. The van der Waals surface area contributed by atoms with Gasteiger partial charge in [-0.25, -0.2) is 17.6 Å². The molecule has 50 heavy (non-hydrogen) atoms. The van der Waals surface area contributed by atoms with Crippen LogP contribution in [0.25, 0.3) is 0 Å². The number of hydrogen-bond donors (Lipinski definition) is 3. The molecule has 0 aliphatic carbocycles. The summed E-state index contributed by atoms with van der Waals surface area (Å²) in [6.45, 7) is 7.77. The number of nitrogens with one attached hydrogen (secondary N) is 3. The quantitative estimate of drug-likeness (QED) is 0.223. The summed E-state index contributed by atoms with van der Waals surface area (Å²) in [6.07, 6.45) is 3.35. The number of piperazine rings is 1. The van der Waals surface area contributed by atoms with Gasteiger partial charge in [-0.1, -0.05) is 48.5 Å². The van der Waals surface area contributed by atoms with E-state index in [1.807, 2.05) is 19.1 Å². The third-order valence-electron chi connectivity index (χ3n) is 9.42. The third-order valence-corrected chi connectivity index (χ3v) is 11.7. The second-order valence-corrected chi connectivity index (χ2v) is 14.9. The molecule has 5 rings (SSSR count). The monoisotopic (exact) mass is 727 g/mol. The second-order valence-electron chi connectivity index (χ2n) is 12.6. The Hall–Kier alpha value is -3.88. The first-order valence-corrected chi connectivity index (χ1v) is 18.4. The van der Waals surface area contributed by atoms with Gasteiger partial charge in [0.2, 0.25) is 15.9 Å². The van der Waals surface area contributed by atoms with Crippen molar-refractivity contribution in [2.75, 3.05) is 38.7 Å². The van der Waals surface area contributed by atoms with Gasteiger partial charge in [0.05, 0.1) is 36.0 Å². The Labute approximate surface area is 297 Å². The van der Waals surface area contributed by atoms with Gasteiger partial charge in [0.1, 0.15) is 5.82 Å². The largest absolute Gasteiger partial charge is 0.453 e. The first kappa shape index (κ1) is 37.4. The molecule has 3 heterocycles. The van der Waals surface area contributed by atoms with E-state index >= 15 is 4.39 Å². The minimum atomic E-state index is -3.84. The number of anilines is 1. The van der Waals surface area contributed by atoms with Crippen LogP contribution in [0.4, 0.5) is 14.9 Å². The van der Waals surface area contributed by atoms with Crippen molar-refractivity contribution in [2.24, 2.45) is 11.8 Å². The smallest absolute Gasteiger partial charge is 0.411 e. The molecule has 3 aromatic rings. The van der Waals surface area contributed by atoms with Crippen molar-refractivity contribution >= 4 is 39.3 Å². The van der Waals surface area contributed by atoms with Gasteiger partial charge in [-0.15, -0.1) is 0 Å². The van der Waals surface area contributed by atoms with Crippen LogP contribution in [0.5, 0.6) is 0 Å². The molecule has 268 valence electrons. The summed E-state index contributed by atoms with van der Waals surface area (Å²) in [5.41, 5.74) is 1.24. The first-order chi connectivity index (χ1) is 24.0. The fraction of sp³-hybridized carbons (Fsp3) is 0.417. The summed E-state index contributed by atoms with van der Waals surface area (Å²) in [4.78, 5) is 31.0. The van der Waals surface area contributed by atoms with Crippen molar-refractivity contribution in [1.82, 2.24) is 19.9 Å². The van der Waals surface area contributed by atoms with E-state index in [1.165, 1.54) is 17.6 Å². The van der Waals surface area contributed by atoms with Crippen LogP contribution in [0.1, 0.15) is 43.2 Å². The predicted octanol–water partition coefficient (Wildman–Crippen LogP) is 5.49. The molecule has 2 amide bonds. The Kier molecular flexibility index (Phi) is 12.6. The topological polar surface area (TPSA) is 139 Å². The number of ether oxygens (including phenoxy) is 2. The normalized spacial score (nSPS) is 20.0. The minimum absolute atomic E-state index is 0.0275. The number of methoxy groups -OCH3 is 1. The van der Waals surface area contributed by atoms with Crippen molar-refractivity contribution in [3.8, 4) is 0 Å². The molecule has 2 aliphatic rings. The van der Waals surface area contributed by atoms with Crippen LogP contribution in [0.3, 0.4) is 0 Å². The van der Waals surface area contributed by atoms with Crippen molar-refractivity contribution < 1.29 is 31.9 Å². The van der Waals surface area contributed by atoms with Crippen LogP contribution in [0.15, 0.2) is 84.2 Å². The zero-order valence-electron chi connectivity index (χ0n) is 28.1. The number of sulfonamides is 1. The van der Waals surface area contributed by atoms with E-state index in [0.717, 1.165) is 11.8 Å². The fourth-order valence-corrected chi connectivity index (χ4v) is 9.01. The molecule has 3 N–H and O–H groups in total. The molecule has 2 saturated heterocycles. The molecule has 11 nitrogen and oxygen atoms in total. The molecule has 1 aromatic heterocycles. The summed E-state index contributed by atoms with van der Waals surface area (Å²) in [5, 5.41) is 9.30. The lowest BCUT2D eigenvalue weighted by Gasteiger charge is -2.40. The van der Waals surface area contributed by atoms with Crippen LogP contribution in [-0.2, 0) is 30.7 Å². The van der Waals surface area contributed by atoms with Crippen LogP contribution in [-0.4, -0.2) is 75.2 Å². The number of nitrogens with zero attached hydrogens (tertiary/aromatic N) is 2. The number of pyridine rings is 1. The molecule has 2 aromatic carbocycles. The highest BCUT2D eigenvalue weighted by molar-refractivity contribution is 7.89. The van der Waals surface area contributed by atoms with Gasteiger partial charge >= 0.3 is 6.09 Å². The SMILES string of the molecule is C=C(NC(=O)OC)[C@H](C(=O)Nc1cncc(F)c1CCC1CNC[C@H](C)N1S(=O)(=O)c1ccccc1)[C@@H](c1ccc(Cl)cc1)C1CCOCC1. The third kappa shape index (κ3) is 8.70. The van der Waals surface area contributed by atoms with E-state index in [9.17, 15) is 18.0 Å². The summed E-state index contributed by atoms with van der Waals surface area (Å²) in [7, 11) is -2.63. The van der Waals surface area contributed by atoms with Gasteiger partial charge in [0.15, 0.2) is 0 Å². The van der Waals surface area contributed by atoms with Crippen LogP contribution < -0.4 is 16.0 Å².